The molecule has 1 aromatic carbocycles. The van der Waals surface area contributed by atoms with Gasteiger partial charge in [0.15, 0.2) is 0 Å². The van der Waals surface area contributed by atoms with Crippen LogP contribution in [0.15, 0.2) is 24.3 Å². The quantitative estimate of drug-likeness (QED) is 0.797. The van der Waals surface area contributed by atoms with E-state index in [0.717, 1.165) is 5.75 Å². The first-order valence-electron chi connectivity index (χ1n) is 4.91. The molecule has 3 heteroatoms. The number of ether oxygens (including phenoxy) is 1. The Hall–Kier alpha value is -1.09. The third kappa shape index (κ3) is 3.51. The molecule has 0 aliphatic carbocycles. The monoisotopic (exact) mass is 223 g/mol. The molecule has 0 saturated heterocycles. The molecule has 2 nitrogen and oxygen atoms in total. The van der Waals surface area contributed by atoms with Gasteiger partial charge in [-0.25, -0.2) is 0 Å². The Morgan fingerprint density at radius 1 is 1.33 bits per heavy atom. The van der Waals surface area contributed by atoms with Crippen LogP contribution in [0, 0.1) is 12.3 Å². The minimum Gasteiger partial charge on any atom is -0.493 e. The van der Waals surface area contributed by atoms with Crippen LogP contribution in [0.4, 0.5) is 0 Å². The van der Waals surface area contributed by atoms with Crippen molar-refractivity contribution in [1.29, 1.82) is 0 Å². The molecule has 0 unspecified atom stereocenters. The zero-order valence-electron chi connectivity index (χ0n) is 9.41. The summed E-state index contributed by atoms with van der Waals surface area (Å²) >= 11 is 4.97. The van der Waals surface area contributed by atoms with Gasteiger partial charge in [-0.05, 0) is 19.1 Å². The van der Waals surface area contributed by atoms with Crippen LogP contribution >= 0.6 is 12.2 Å². The number of aryl methyl sites for hydroxylation is 1. The highest BCUT2D eigenvalue weighted by Crippen LogP contribution is 2.19. The van der Waals surface area contributed by atoms with Gasteiger partial charge in [-0.3, -0.25) is 0 Å². The average Bonchev–Trinajstić information content (AvgIpc) is 2.17. The minimum absolute atomic E-state index is 0.264. The molecular formula is C12H17NOS. The van der Waals surface area contributed by atoms with E-state index >= 15 is 0 Å². The molecule has 1 rings (SSSR count). The van der Waals surface area contributed by atoms with Gasteiger partial charge in [0, 0.05) is 5.41 Å². The topological polar surface area (TPSA) is 35.2 Å². The van der Waals surface area contributed by atoms with Gasteiger partial charge >= 0.3 is 0 Å². The molecule has 0 aliphatic heterocycles. The summed E-state index contributed by atoms with van der Waals surface area (Å²) in [6.07, 6.45) is 0. The second-order valence-corrected chi connectivity index (χ2v) is 4.79. The molecule has 0 amide bonds. The van der Waals surface area contributed by atoms with Gasteiger partial charge < -0.3 is 10.5 Å². The standard InChI is InChI=1S/C12H17NOS/c1-9-4-6-10(7-5-9)14-8-12(2,3)11(13)15/h4-7H,8H2,1-3H3,(H2,13,15). The van der Waals surface area contributed by atoms with Crippen LogP contribution < -0.4 is 10.5 Å². The van der Waals surface area contributed by atoms with Gasteiger partial charge in [-0.1, -0.05) is 43.8 Å². The largest absolute Gasteiger partial charge is 0.493 e. The summed E-state index contributed by atoms with van der Waals surface area (Å²) in [5.74, 6) is 0.852. The van der Waals surface area contributed by atoms with E-state index in [1.54, 1.807) is 0 Å². The van der Waals surface area contributed by atoms with Crippen molar-refractivity contribution in [2.45, 2.75) is 20.8 Å². The van der Waals surface area contributed by atoms with E-state index < -0.39 is 0 Å². The maximum Gasteiger partial charge on any atom is 0.119 e. The molecule has 0 atom stereocenters. The third-order valence-corrected chi connectivity index (χ3v) is 2.84. The fourth-order valence-electron chi connectivity index (χ4n) is 0.969. The number of thiocarbonyl (C=S) groups is 1. The Labute approximate surface area is 96.4 Å². The second-order valence-electron chi connectivity index (χ2n) is 4.35. The number of hydrogen-bond acceptors (Lipinski definition) is 2. The molecule has 0 spiro atoms. The summed E-state index contributed by atoms with van der Waals surface area (Å²) in [4.78, 5) is 0.481. The first-order chi connectivity index (χ1) is 6.92. The molecule has 15 heavy (non-hydrogen) atoms. The van der Waals surface area contributed by atoms with Crippen LogP contribution in [-0.2, 0) is 0 Å². The van der Waals surface area contributed by atoms with Crippen LogP contribution in [0.25, 0.3) is 0 Å². The molecule has 0 radical (unpaired) electrons. The van der Waals surface area contributed by atoms with Crippen molar-refractivity contribution in [1.82, 2.24) is 0 Å². The van der Waals surface area contributed by atoms with Crippen molar-refractivity contribution in [3.63, 3.8) is 0 Å². The van der Waals surface area contributed by atoms with Gasteiger partial charge in [-0.2, -0.15) is 0 Å². The van der Waals surface area contributed by atoms with E-state index in [0.29, 0.717) is 11.6 Å². The predicted octanol–water partition coefficient (Wildman–Crippen LogP) is 2.69. The molecule has 0 aromatic heterocycles. The van der Waals surface area contributed by atoms with Crippen LogP contribution in [-0.4, -0.2) is 11.6 Å². The van der Waals surface area contributed by atoms with Crippen molar-refractivity contribution in [3.05, 3.63) is 29.8 Å². The van der Waals surface area contributed by atoms with E-state index in [-0.39, 0.29) is 5.41 Å². The van der Waals surface area contributed by atoms with Crippen molar-refractivity contribution < 1.29 is 4.74 Å². The number of benzene rings is 1. The van der Waals surface area contributed by atoms with Crippen molar-refractivity contribution in [2.75, 3.05) is 6.61 Å². The summed E-state index contributed by atoms with van der Waals surface area (Å²) in [7, 11) is 0. The van der Waals surface area contributed by atoms with Crippen LogP contribution in [0.1, 0.15) is 19.4 Å². The van der Waals surface area contributed by atoms with Gasteiger partial charge in [0.05, 0.1) is 11.6 Å². The van der Waals surface area contributed by atoms with E-state index in [9.17, 15) is 0 Å². The Kier molecular flexibility index (Phi) is 3.69. The van der Waals surface area contributed by atoms with E-state index in [1.165, 1.54) is 5.56 Å². The first kappa shape index (κ1) is 12.0. The smallest absolute Gasteiger partial charge is 0.119 e. The van der Waals surface area contributed by atoms with Crippen LogP contribution in [0.2, 0.25) is 0 Å². The highest BCUT2D eigenvalue weighted by Gasteiger charge is 2.22. The Morgan fingerprint density at radius 3 is 2.33 bits per heavy atom. The van der Waals surface area contributed by atoms with E-state index in [4.69, 9.17) is 22.7 Å². The fraction of sp³-hybridized carbons (Fsp3) is 0.417. The molecule has 0 aliphatic rings. The Bertz CT molecular complexity index is 343. The normalized spacial score (nSPS) is 11.1. The lowest BCUT2D eigenvalue weighted by atomic mass is 9.95. The predicted molar refractivity (Wildman–Crippen MR) is 67.2 cm³/mol. The van der Waals surface area contributed by atoms with Gasteiger partial charge in [0.2, 0.25) is 0 Å². The number of nitrogens with two attached hydrogens (primary N) is 1. The van der Waals surface area contributed by atoms with Gasteiger partial charge in [-0.15, -0.1) is 0 Å². The Morgan fingerprint density at radius 2 is 1.87 bits per heavy atom. The lowest BCUT2D eigenvalue weighted by molar-refractivity contribution is 0.236. The molecular weight excluding hydrogens is 206 g/mol. The fourth-order valence-corrected chi connectivity index (χ4v) is 1.03. The summed E-state index contributed by atoms with van der Waals surface area (Å²) in [5, 5.41) is 0. The number of hydrogen-bond donors (Lipinski definition) is 1. The maximum absolute atomic E-state index is 5.62. The van der Waals surface area contributed by atoms with Gasteiger partial charge in [0.1, 0.15) is 5.75 Å². The maximum atomic E-state index is 5.62. The highest BCUT2D eigenvalue weighted by molar-refractivity contribution is 7.80. The number of rotatable bonds is 4. The third-order valence-electron chi connectivity index (χ3n) is 2.29. The molecule has 0 bridgehead atoms. The van der Waals surface area contributed by atoms with Crippen LogP contribution in [0.5, 0.6) is 5.75 Å². The molecule has 2 N–H and O–H groups in total. The summed E-state index contributed by atoms with van der Waals surface area (Å²) in [6.45, 7) is 6.50. The zero-order chi connectivity index (χ0) is 11.5. The average molecular weight is 223 g/mol. The summed E-state index contributed by atoms with van der Waals surface area (Å²) in [5.41, 5.74) is 6.56. The van der Waals surface area contributed by atoms with Crippen molar-refractivity contribution in [2.24, 2.45) is 11.1 Å². The molecule has 0 saturated carbocycles. The molecule has 82 valence electrons. The molecule has 0 fully saturated rings. The highest BCUT2D eigenvalue weighted by atomic mass is 32.1. The molecule has 1 aromatic rings. The van der Waals surface area contributed by atoms with Gasteiger partial charge in [0.25, 0.3) is 0 Å². The molecule has 0 heterocycles. The lowest BCUT2D eigenvalue weighted by Crippen LogP contribution is -2.35. The Balaban J connectivity index is 2.57. The van der Waals surface area contributed by atoms with Crippen molar-refractivity contribution >= 4 is 17.2 Å². The SMILES string of the molecule is Cc1ccc(OCC(C)(C)C(N)=S)cc1. The van der Waals surface area contributed by atoms with Crippen LogP contribution in [0.3, 0.4) is 0 Å². The zero-order valence-corrected chi connectivity index (χ0v) is 10.2. The first-order valence-corrected chi connectivity index (χ1v) is 5.32. The second kappa shape index (κ2) is 4.62. The summed E-state index contributed by atoms with van der Waals surface area (Å²) < 4.78 is 5.62. The minimum atomic E-state index is -0.264. The van der Waals surface area contributed by atoms with Crippen molar-refractivity contribution in [3.8, 4) is 5.75 Å². The lowest BCUT2D eigenvalue weighted by Gasteiger charge is -2.23. The summed E-state index contributed by atoms with van der Waals surface area (Å²) in [6, 6.07) is 7.93. The van der Waals surface area contributed by atoms with E-state index in [1.807, 2.05) is 45.0 Å². The van der Waals surface area contributed by atoms with E-state index in [2.05, 4.69) is 0 Å².